The molecule has 2 aliphatic heterocycles. The van der Waals surface area contributed by atoms with Crippen molar-refractivity contribution < 1.29 is 4.74 Å². The molecule has 78 valence electrons. The summed E-state index contributed by atoms with van der Waals surface area (Å²) in [5.41, 5.74) is 1.24. The lowest BCUT2D eigenvalue weighted by atomic mass is 9.70. The van der Waals surface area contributed by atoms with Gasteiger partial charge in [0.15, 0.2) is 0 Å². The van der Waals surface area contributed by atoms with E-state index in [1.54, 1.807) is 0 Å². The summed E-state index contributed by atoms with van der Waals surface area (Å²) in [4.78, 5) is 4.27. The van der Waals surface area contributed by atoms with Crippen molar-refractivity contribution in [1.82, 2.24) is 10.3 Å². The second-order valence-corrected chi connectivity index (χ2v) is 5.02. The maximum atomic E-state index is 6.04. The molecule has 3 atom stereocenters. The van der Waals surface area contributed by atoms with Crippen LogP contribution in [0.2, 0.25) is 5.15 Å². The van der Waals surface area contributed by atoms with Gasteiger partial charge in [-0.15, -0.1) is 0 Å². The summed E-state index contributed by atoms with van der Waals surface area (Å²) in [7, 11) is 0. The first-order valence-corrected chi connectivity index (χ1v) is 5.76. The molecule has 4 heteroatoms. The SMILES string of the molecule is Clc1ccc2c(n1)O[C@]13CC[C@H]1NC[C@H]23. The third kappa shape index (κ3) is 0.848. The van der Waals surface area contributed by atoms with E-state index in [9.17, 15) is 0 Å². The van der Waals surface area contributed by atoms with Crippen molar-refractivity contribution in [2.45, 2.75) is 30.4 Å². The fraction of sp³-hybridized carbons (Fsp3) is 0.545. The van der Waals surface area contributed by atoms with Crippen LogP contribution in [-0.4, -0.2) is 23.2 Å². The summed E-state index contributed by atoms with van der Waals surface area (Å²) in [5.74, 6) is 1.25. The number of ether oxygens (including phenoxy) is 1. The Kier molecular flexibility index (Phi) is 1.38. The summed E-state index contributed by atoms with van der Waals surface area (Å²) in [6.07, 6.45) is 2.36. The van der Waals surface area contributed by atoms with Gasteiger partial charge in [-0.3, -0.25) is 0 Å². The van der Waals surface area contributed by atoms with Crippen LogP contribution in [0.3, 0.4) is 0 Å². The van der Waals surface area contributed by atoms with Crippen molar-refractivity contribution in [1.29, 1.82) is 0 Å². The van der Waals surface area contributed by atoms with Crippen molar-refractivity contribution >= 4 is 11.6 Å². The normalized spacial score (nSPS) is 40.1. The highest BCUT2D eigenvalue weighted by Gasteiger charge is 2.63. The Hall–Kier alpha value is -0.800. The van der Waals surface area contributed by atoms with Crippen LogP contribution >= 0.6 is 11.6 Å². The van der Waals surface area contributed by atoms with E-state index < -0.39 is 0 Å². The number of nitrogens with one attached hydrogen (secondary N) is 1. The quantitative estimate of drug-likeness (QED) is 0.679. The van der Waals surface area contributed by atoms with Crippen LogP contribution in [0.4, 0.5) is 0 Å². The number of hydrogen-bond donors (Lipinski definition) is 1. The van der Waals surface area contributed by atoms with Gasteiger partial charge in [-0.1, -0.05) is 17.7 Å². The zero-order valence-corrected chi connectivity index (χ0v) is 8.92. The molecular weight excluding hydrogens is 212 g/mol. The molecule has 1 aliphatic carbocycles. The summed E-state index contributed by atoms with van der Waals surface area (Å²) >= 11 is 5.87. The van der Waals surface area contributed by atoms with Gasteiger partial charge in [0.2, 0.25) is 5.88 Å². The molecule has 0 amide bonds. The Morgan fingerprint density at radius 1 is 1.53 bits per heavy atom. The van der Waals surface area contributed by atoms with Gasteiger partial charge < -0.3 is 10.1 Å². The highest BCUT2D eigenvalue weighted by atomic mass is 35.5. The van der Waals surface area contributed by atoms with E-state index >= 15 is 0 Å². The van der Waals surface area contributed by atoms with Gasteiger partial charge in [0.1, 0.15) is 10.8 Å². The molecule has 1 aromatic rings. The van der Waals surface area contributed by atoms with Crippen molar-refractivity contribution in [3.8, 4) is 5.88 Å². The van der Waals surface area contributed by atoms with Gasteiger partial charge in [-0.05, 0) is 18.9 Å². The third-order valence-corrected chi connectivity index (χ3v) is 4.30. The molecule has 1 saturated carbocycles. The molecule has 0 bridgehead atoms. The number of nitrogens with zero attached hydrogens (tertiary/aromatic N) is 1. The highest BCUT2D eigenvalue weighted by molar-refractivity contribution is 6.29. The predicted octanol–water partition coefficient (Wildman–Crippen LogP) is 1.72. The first-order chi connectivity index (χ1) is 7.29. The number of rotatable bonds is 0. The van der Waals surface area contributed by atoms with Crippen LogP contribution in [0.1, 0.15) is 24.3 Å². The number of halogens is 1. The Morgan fingerprint density at radius 3 is 3.27 bits per heavy atom. The summed E-state index contributed by atoms with van der Waals surface area (Å²) in [6.45, 7) is 1.01. The lowest BCUT2D eigenvalue weighted by molar-refractivity contribution is -0.0116. The fourth-order valence-corrected chi connectivity index (χ4v) is 3.36. The molecule has 0 unspecified atom stereocenters. The van der Waals surface area contributed by atoms with Gasteiger partial charge in [-0.2, -0.15) is 0 Å². The Morgan fingerprint density at radius 2 is 2.47 bits per heavy atom. The average Bonchev–Trinajstić information content (AvgIpc) is 2.63. The van der Waals surface area contributed by atoms with Gasteiger partial charge in [0.25, 0.3) is 0 Å². The topological polar surface area (TPSA) is 34.1 Å². The van der Waals surface area contributed by atoms with E-state index in [2.05, 4.69) is 16.4 Å². The third-order valence-electron chi connectivity index (χ3n) is 4.09. The van der Waals surface area contributed by atoms with Crippen molar-refractivity contribution in [3.63, 3.8) is 0 Å². The molecule has 3 heterocycles. The molecule has 3 aliphatic rings. The molecule has 3 nitrogen and oxygen atoms in total. The molecule has 15 heavy (non-hydrogen) atoms. The van der Waals surface area contributed by atoms with E-state index in [1.165, 1.54) is 12.0 Å². The monoisotopic (exact) mass is 222 g/mol. The minimum atomic E-state index is 0.0139. The zero-order valence-electron chi connectivity index (χ0n) is 8.16. The number of aromatic nitrogens is 1. The van der Waals surface area contributed by atoms with Crippen LogP contribution in [0, 0.1) is 0 Å². The van der Waals surface area contributed by atoms with Crippen LogP contribution in [0.15, 0.2) is 12.1 Å². The van der Waals surface area contributed by atoms with Crippen molar-refractivity contribution in [2.75, 3.05) is 6.54 Å². The molecule has 1 N–H and O–H groups in total. The first-order valence-electron chi connectivity index (χ1n) is 5.38. The van der Waals surface area contributed by atoms with E-state index in [0.29, 0.717) is 17.1 Å². The minimum absolute atomic E-state index is 0.0139. The first kappa shape index (κ1) is 8.36. The molecule has 2 fully saturated rings. The van der Waals surface area contributed by atoms with Crippen LogP contribution in [-0.2, 0) is 0 Å². The van der Waals surface area contributed by atoms with Crippen LogP contribution in [0.25, 0.3) is 0 Å². The summed E-state index contributed by atoms with van der Waals surface area (Å²) in [6, 6.07) is 4.44. The van der Waals surface area contributed by atoms with Crippen molar-refractivity contribution in [2.24, 2.45) is 0 Å². The van der Waals surface area contributed by atoms with E-state index in [4.69, 9.17) is 16.3 Å². The largest absolute Gasteiger partial charge is 0.468 e. The maximum Gasteiger partial charge on any atom is 0.219 e. The van der Waals surface area contributed by atoms with E-state index in [0.717, 1.165) is 18.8 Å². The predicted molar refractivity (Wildman–Crippen MR) is 56.4 cm³/mol. The van der Waals surface area contributed by atoms with Crippen LogP contribution in [0.5, 0.6) is 5.88 Å². The molecule has 1 saturated heterocycles. The van der Waals surface area contributed by atoms with Gasteiger partial charge in [0.05, 0.1) is 0 Å². The summed E-state index contributed by atoms with van der Waals surface area (Å²) in [5, 5.41) is 4.04. The Balaban J connectivity index is 1.87. The molecule has 0 aromatic carbocycles. The number of pyridine rings is 1. The zero-order chi connectivity index (χ0) is 10.0. The van der Waals surface area contributed by atoms with E-state index in [-0.39, 0.29) is 5.60 Å². The average molecular weight is 223 g/mol. The summed E-state index contributed by atoms with van der Waals surface area (Å²) < 4.78 is 6.04. The fourth-order valence-electron chi connectivity index (χ4n) is 3.22. The van der Waals surface area contributed by atoms with Gasteiger partial charge in [-0.25, -0.2) is 4.98 Å². The van der Waals surface area contributed by atoms with Gasteiger partial charge in [0, 0.05) is 24.1 Å². The second kappa shape index (κ2) is 2.47. The molecule has 1 aromatic heterocycles. The number of fused-ring (bicyclic) bond motifs is 2. The van der Waals surface area contributed by atoms with E-state index in [1.807, 2.05) is 6.07 Å². The van der Waals surface area contributed by atoms with Gasteiger partial charge >= 0.3 is 0 Å². The molecule has 1 spiro atoms. The van der Waals surface area contributed by atoms with Crippen LogP contribution < -0.4 is 10.1 Å². The lowest BCUT2D eigenvalue weighted by Gasteiger charge is -2.43. The highest BCUT2D eigenvalue weighted by Crippen LogP contribution is 2.56. The number of hydrogen-bond acceptors (Lipinski definition) is 3. The Labute approximate surface area is 92.8 Å². The molecular formula is C11H11ClN2O. The lowest BCUT2D eigenvalue weighted by Crippen LogP contribution is -2.56. The smallest absolute Gasteiger partial charge is 0.219 e. The molecule has 4 rings (SSSR count). The van der Waals surface area contributed by atoms with Crippen molar-refractivity contribution in [3.05, 3.63) is 22.8 Å². The second-order valence-electron chi connectivity index (χ2n) is 4.64. The molecule has 0 radical (unpaired) electrons. The Bertz CT molecular complexity index is 450. The maximum absolute atomic E-state index is 6.04. The minimum Gasteiger partial charge on any atom is -0.468 e. The standard InChI is InChI=1S/C11H11ClN2O/c12-9-2-1-6-7-5-13-8-3-4-11(7,8)15-10(6)14-9/h1-2,7-8,13H,3-5H2/t7-,8-,11+/m1/s1.